The predicted molar refractivity (Wildman–Crippen MR) is 96.2 cm³/mol. The van der Waals surface area contributed by atoms with Crippen molar-refractivity contribution in [3.63, 3.8) is 0 Å². The fraction of sp³-hybridized carbons (Fsp3) is 0.143. The molecule has 1 heteroatoms. The van der Waals surface area contributed by atoms with Gasteiger partial charge in [0.25, 0.3) is 0 Å². The maximum atomic E-state index is 3.63. The molecule has 0 spiro atoms. The summed E-state index contributed by atoms with van der Waals surface area (Å²) in [5.74, 6) is 0.476. The molecule has 3 aromatic rings. The van der Waals surface area contributed by atoms with Gasteiger partial charge in [0.2, 0.25) is 0 Å². The van der Waals surface area contributed by atoms with Gasteiger partial charge >= 0.3 is 0 Å². The molecule has 0 saturated carbocycles. The molecule has 0 radical (unpaired) electrons. The summed E-state index contributed by atoms with van der Waals surface area (Å²) in [6, 6.07) is 26.5. The van der Waals surface area contributed by atoms with Crippen molar-refractivity contribution >= 4 is 15.9 Å². The largest absolute Gasteiger partial charge is 0.0622 e. The van der Waals surface area contributed by atoms with E-state index >= 15 is 0 Å². The number of halogens is 1. The van der Waals surface area contributed by atoms with Crippen LogP contribution in [0.4, 0.5) is 0 Å². The Bertz CT molecular complexity index is 805. The predicted octanol–water partition coefficient (Wildman–Crippen LogP) is 6.19. The molecule has 0 saturated heterocycles. The average molecular weight is 349 g/mol. The Kier molecular flexibility index (Phi) is 3.59. The molecule has 0 nitrogen and oxygen atoms in total. The molecule has 0 aromatic heterocycles. The van der Waals surface area contributed by atoms with Gasteiger partial charge in [0.05, 0.1) is 0 Å². The molecular formula is C21H17Br. The Balaban J connectivity index is 1.92. The van der Waals surface area contributed by atoms with E-state index in [0.717, 1.165) is 17.3 Å². The molecule has 108 valence electrons. The van der Waals surface area contributed by atoms with Gasteiger partial charge in [-0.15, -0.1) is 0 Å². The van der Waals surface area contributed by atoms with E-state index in [1.807, 2.05) is 0 Å². The first-order valence-electron chi connectivity index (χ1n) is 7.75. The first-order valence-corrected chi connectivity index (χ1v) is 8.55. The molecule has 0 N–H and O–H groups in total. The molecule has 22 heavy (non-hydrogen) atoms. The van der Waals surface area contributed by atoms with Crippen molar-refractivity contribution in [3.05, 3.63) is 94.0 Å². The molecule has 0 heterocycles. The fourth-order valence-electron chi connectivity index (χ4n) is 3.55. The van der Waals surface area contributed by atoms with E-state index in [-0.39, 0.29) is 0 Å². The highest BCUT2D eigenvalue weighted by Crippen LogP contribution is 2.41. The Labute approximate surface area is 140 Å². The topological polar surface area (TPSA) is 0 Å². The van der Waals surface area contributed by atoms with Crippen LogP contribution in [0.5, 0.6) is 0 Å². The van der Waals surface area contributed by atoms with Crippen molar-refractivity contribution in [2.75, 3.05) is 0 Å². The van der Waals surface area contributed by atoms with Crippen LogP contribution in [0.15, 0.2) is 77.3 Å². The third-order valence-corrected chi connectivity index (χ3v) is 5.10. The quantitative estimate of drug-likeness (QED) is 0.491. The lowest BCUT2D eigenvalue weighted by Crippen LogP contribution is -2.01. The van der Waals surface area contributed by atoms with E-state index in [0.29, 0.717) is 5.92 Å². The summed E-state index contributed by atoms with van der Waals surface area (Å²) < 4.78 is 1.15. The van der Waals surface area contributed by atoms with Crippen LogP contribution in [-0.4, -0.2) is 0 Å². The van der Waals surface area contributed by atoms with Gasteiger partial charge in [-0.25, -0.2) is 0 Å². The number of benzene rings is 3. The van der Waals surface area contributed by atoms with E-state index in [1.54, 1.807) is 0 Å². The molecule has 1 atom stereocenters. The lowest BCUT2D eigenvalue weighted by atomic mass is 9.86. The van der Waals surface area contributed by atoms with E-state index < -0.39 is 0 Å². The normalized spacial score (nSPS) is 16.5. The third-order valence-electron chi connectivity index (χ3n) is 4.60. The molecule has 0 aliphatic heterocycles. The van der Waals surface area contributed by atoms with Gasteiger partial charge in [-0.1, -0.05) is 76.6 Å². The van der Waals surface area contributed by atoms with Crippen molar-refractivity contribution < 1.29 is 0 Å². The number of rotatable bonds is 1. The Morgan fingerprint density at radius 2 is 1.55 bits per heavy atom. The molecule has 0 amide bonds. The summed E-state index contributed by atoms with van der Waals surface area (Å²) in [5, 5.41) is 0. The number of fused-ring (bicyclic) bond motifs is 3. The Morgan fingerprint density at radius 3 is 2.41 bits per heavy atom. The van der Waals surface area contributed by atoms with Crippen LogP contribution in [0.1, 0.15) is 29.0 Å². The van der Waals surface area contributed by atoms with Crippen LogP contribution in [0.25, 0.3) is 11.1 Å². The van der Waals surface area contributed by atoms with Crippen molar-refractivity contribution in [2.24, 2.45) is 0 Å². The molecule has 3 aromatic carbocycles. The highest BCUT2D eigenvalue weighted by molar-refractivity contribution is 9.10. The minimum absolute atomic E-state index is 0.476. The van der Waals surface area contributed by atoms with Crippen LogP contribution in [0.3, 0.4) is 0 Å². The van der Waals surface area contributed by atoms with Crippen LogP contribution >= 0.6 is 15.9 Å². The SMILES string of the molecule is Brc1ccc2c(c1)-c1ccccc1C(c1ccccc1)CC2. The fourth-order valence-corrected chi connectivity index (χ4v) is 3.91. The first kappa shape index (κ1) is 13.8. The van der Waals surface area contributed by atoms with Crippen molar-refractivity contribution in [3.8, 4) is 11.1 Å². The van der Waals surface area contributed by atoms with Gasteiger partial charge in [-0.2, -0.15) is 0 Å². The zero-order valence-corrected chi connectivity index (χ0v) is 13.9. The maximum Gasteiger partial charge on any atom is 0.0181 e. The first-order chi connectivity index (χ1) is 10.8. The zero-order chi connectivity index (χ0) is 14.9. The van der Waals surface area contributed by atoms with E-state index in [2.05, 4.69) is 88.7 Å². The van der Waals surface area contributed by atoms with Crippen LogP contribution < -0.4 is 0 Å². The third kappa shape index (κ3) is 2.40. The van der Waals surface area contributed by atoms with Gasteiger partial charge in [-0.05, 0) is 52.8 Å². The highest BCUT2D eigenvalue weighted by Gasteiger charge is 2.23. The smallest absolute Gasteiger partial charge is 0.0181 e. The summed E-state index contributed by atoms with van der Waals surface area (Å²) in [6.07, 6.45) is 2.28. The van der Waals surface area contributed by atoms with Crippen LogP contribution in [0, 0.1) is 0 Å². The lowest BCUT2D eigenvalue weighted by molar-refractivity contribution is 0.726. The minimum Gasteiger partial charge on any atom is -0.0622 e. The maximum absolute atomic E-state index is 3.63. The average Bonchev–Trinajstić information content (AvgIpc) is 2.73. The van der Waals surface area contributed by atoms with E-state index in [4.69, 9.17) is 0 Å². The van der Waals surface area contributed by atoms with Crippen LogP contribution in [0.2, 0.25) is 0 Å². The summed E-state index contributed by atoms with van der Waals surface area (Å²) in [6.45, 7) is 0. The van der Waals surface area contributed by atoms with E-state index in [9.17, 15) is 0 Å². The van der Waals surface area contributed by atoms with Crippen molar-refractivity contribution in [1.82, 2.24) is 0 Å². The van der Waals surface area contributed by atoms with E-state index in [1.165, 1.54) is 27.8 Å². The number of hydrogen-bond donors (Lipinski definition) is 0. The standard InChI is InChI=1S/C21H17Br/c22-17-12-10-16-11-13-18(15-6-2-1-3-7-15)19-8-4-5-9-20(19)21(16)14-17/h1-10,12,14,18H,11,13H2. The highest BCUT2D eigenvalue weighted by atomic mass is 79.9. The molecule has 1 aliphatic rings. The van der Waals surface area contributed by atoms with Gasteiger partial charge < -0.3 is 0 Å². The minimum atomic E-state index is 0.476. The summed E-state index contributed by atoms with van der Waals surface area (Å²) in [5.41, 5.74) is 7.08. The van der Waals surface area contributed by atoms with Gasteiger partial charge in [0.15, 0.2) is 0 Å². The summed E-state index contributed by atoms with van der Waals surface area (Å²) in [4.78, 5) is 0. The van der Waals surface area contributed by atoms with Crippen LogP contribution in [-0.2, 0) is 6.42 Å². The lowest BCUT2D eigenvalue weighted by Gasteiger charge is -2.18. The van der Waals surface area contributed by atoms with Crippen molar-refractivity contribution in [2.45, 2.75) is 18.8 Å². The zero-order valence-electron chi connectivity index (χ0n) is 12.3. The molecule has 0 fully saturated rings. The molecule has 4 rings (SSSR count). The summed E-state index contributed by atoms with van der Waals surface area (Å²) >= 11 is 3.63. The second kappa shape index (κ2) is 5.73. The van der Waals surface area contributed by atoms with Crippen molar-refractivity contribution in [1.29, 1.82) is 0 Å². The molecular weight excluding hydrogens is 332 g/mol. The summed E-state index contributed by atoms with van der Waals surface area (Å²) in [7, 11) is 0. The second-order valence-electron chi connectivity index (χ2n) is 5.89. The Morgan fingerprint density at radius 1 is 0.773 bits per heavy atom. The Hall–Kier alpha value is -1.86. The van der Waals surface area contributed by atoms with Gasteiger partial charge in [-0.3, -0.25) is 0 Å². The number of aryl methyl sites for hydroxylation is 1. The second-order valence-corrected chi connectivity index (χ2v) is 6.81. The molecule has 1 aliphatic carbocycles. The monoisotopic (exact) mass is 348 g/mol. The van der Waals surface area contributed by atoms with Gasteiger partial charge in [0, 0.05) is 10.4 Å². The molecule has 1 unspecified atom stereocenters. The van der Waals surface area contributed by atoms with Gasteiger partial charge in [0.1, 0.15) is 0 Å². The number of hydrogen-bond acceptors (Lipinski definition) is 0. The molecule has 0 bridgehead atoms.